The van der Waals surface area contributed by atoms with Crippen LogP contribution in [0.5, 0.6) is 5.75 Å². The summed E-state index contributed by atoms with van der Waals surface area (Å²) in [6.07, 6.45) is 5.25. The minimum Gasteiger partial charge on any atom is -0.496 e. The number of fused-ring (bicyclic) bond motifs is 1. The summed E-state index contributed by atoms with van der Waals surface area (Å²) in [4.78, 5) is 4.87. The SMILES string of the molecule is COc1ccc(SC)cc1-c1[nH]c2ccc(C)cc2c1CCCCN. The lowest BCUT2D eigenvalue weighted by atomic mass is 9.99. The van der Waals surface area contributed by atoms with Crippen molar-refractivity contribution in [2.24, 2.45) is 5.73 Å². The number of aromatic nitrogens is 1. The smallest absolute Gasteiger partial charge is 0.128 e. The Morgan fingerprint density at radius 2 is 1.96 bits per heavy atom. The average Bonchev–Trinajstić information content (AvgIpc) is 2.99. The van der Waals surface area contributed by atoms with E-state index in [4.69, 9.17) is 10.5 Å². The maximum absolute atomic E-state index is 5.71. The predicted molar refractivity (Wildman–Crippen MR) is 109 cm³/mol. The Balaban J connectivity index is 2.19. The molecule has 132 valence electrons. The number of hydrogen-bond donors (Lipinski definition) is 2. The van der Waals surface area contributed by atoms with Gasteiger partial charge in [-0.1, -0.05) is 11.6 Å². The van der Waals surface area contributed by atoms with Crippen molar-refractivity contribution in [2.75, 3.05) is 19.9 Å². The molecule has 25 heavy (non-hydrogen) atoms. The minimum atomic E-state index is 0.738. The van der Waals surface area contributed by atoms with Crippen LogP contribution in [0.1, 0.15) is 24.0 Å². The van der Waals surface area contributed by atoms with Crippen molar-refractivity contribution in [3.8, 4) is 17.0 Å². The molecule has 0 saturated heterocycles. The first kappa shape index (κ1) is 17.9. The van der Waals surface area contributed by atoms with Crippen molar-refractivity contribution in [1.29, 1.82) is 0 Å². The Morgan fingerprint density at radius 1 is 1.12 bits per heavy atom. The van der Waals surface area contributed by atoms with Gasteiger partial charge < -0.3 is 15.5 Å². The van der Waals surface area contributed by atoms with E-state index >= 15 is 0 Å². The fourth-order valence-corrected chi connectivity index (χ4v) is 3.75. The molecule has 0 aliphatic heterocycles. The van der Waals surface area contributed by atoms with E-state index in [-0.39, 0.29) is 0 Å². The molecule has 0 aliphatic carbocycles. The molecule has 0 fully saturated rings. The molecule has 3 nitrogen and oxygen atoms in total. The Kier molecular flexibility index (Phi) is 5.71. The number of thioether (sulfide) groups is 1. The summed E-state index contributed by atoms with van der Waals surface area (Å²) >= 11 is 1.75. The van der Waals surface area contributed by atoms with Gasteiger partial charge >= 0.3 is 0 Å². The predicted octanol–water partition coefficient (Wildman–Crippen LogP) is 5.16. The highest BCUT2D eigenvalue weighted by molar-refractivity contribution is 7.98. The summed E-state index contributed by atoms with van der Waals surface area (Å²) in [5.74, 6) is 0.904. The molecule has 2 aromatic carbocycles. The van der Waals surface area contributed by atoms with Gasteiger partial charge in [0.1, 0.15) is 5.75 Å². The van der Waals surface area contributed by atoms with Crippen LogP contribution in [-0.2, 0) is 6.42 Å². The van der Waals surface area contributed by atoms with Crippen molar-refractivity contribution in [3.63, 3.8) is 0 Å². The molecule has 4 heteroatoms. The lowest BCUT2D eigenvalue weighted by Crippen LogP contribution is -1.99. The fourth-order valence-electron chi connectivity index (χ4n) is 3.31. The quantitative estimate of drug-likeness (QED) is 0.455. The zero-order valence-electron chi connectivity index (χ0n) is 15.2. The number of aromatic amines is 1. The highest BCUT2D eigenvalue weighted by atomic mass is 32.2. The minimum absolute atomic E-state index is 0.738. The maximum atomic E-state index is 5.71. The Bertz CT molecular complexity index is 870. The van der Waals surface area contributed by atoms with E-state index < -0.39 is 0 Å². The molecule has 1 aromatic heterocycles. The normalized spacial score (nSPS) is 11.2. The molecule has 3 N–H and O–H groups in total. The van der Waals surface area contributed by atoms with Crippen molar-refractivity contribution >= 4 is 22.7 Å². The van der Waals surface area contributed by atoms with Crippen molar-refractivity contribution in [1.82, 2.24) is 4.98 Å². The summed E-state index contributed by atoms with van der Waals surface area (Å²) in [5, 5.41) is 1.31. The van der Waals surface area contributed by atoms with Gasteiger partial charge in [0.15, 0.2) is 0 Å². The summed E-state index contributed by atoms with van der Waals surface area (Å²) in [6.45, 7) is 2.88. The van der Waals surface area contributed by atoms with Gasteiger partial charge in [0.05, 0.1) is 12.8 Å². The van der Waals surface area contributed by atoms with Crippen molar-refractivity contribution in [3.05, 3.63) is 47.5 Å². The number of rotatable bonds is 7. The Morgan fingerprint density at radius 3 is 2.68 bits per heavy atom. The highest BCUT2D eigenvalue weighted by Gasteiger charge is 2.17. The molecule has 0 amide bonds. The molecule has 3 rings (SSSR count). The van der Waals surface area contributed by atoms with Crippen LogP contribution in [0.3, 0.4) is 0 Å². The van der Waals surface area contributed by atoms with E-state index in [0.29, 0.717) is 0 Å². The van der Waals surface area contributed by atoms with Gasteiger partial charge in [-0.15, -0.1) is 11.8 Å². The first-order chi connectivity index (χ1) is 12.2. The second-order valence-electron chi connectivity index (χ2n) is 6.34. The zero-order valence-corrected chi connectivity index (χ0v) is 16.0. The molecule has 3 aromatic rings. The Hall–Kier alpha value is -1.91. The third-order valence-electron chi connectivity index (χ3n) is 4.62. The number of nitrogens with two attached hydrogens (primary N) is 1. The fraction of sp³-hybridized carbons (Fsp3) is 0.333. The van der Waals surface area contributed by atoms with Crippen molar-refractivity contribution < 1.29 is 4.74 Å². The van der Waals surface area contributed by atoms with E-state index in [1.165, 1.54) is 32.6 Å². The van der Waals surface area contributed by atoms with Gasteiger partial charge in [0.2, 0.25) is 0 Å². The summed E-state index contributed by atoms with van der Waals surface area (Å²) in [6, 6.07) is 13.0. The van der Waals surface area contributed by atoms with E-state index in [0.717, 1.165) is 37.1 Å². The summed E-state index contributed by atoms with van der Waals surface area (Å²) in [7, 11) is 1.73. The molecule has 0 radical (unpaired) electrons. The van der Waals surface area contributed by atoms with Crippen LogP contribution in [0.4, 0.5) is 0 Å². The van der Waals surface area contributed by atoms with Gasteiger partial charge in [-0.25, -0.2) is 0 Å². The number of hydrogen-bond acceptors (Lipinski definition) is 3. The molecule has 0 bridgehead atoms. The number of ether oxygens (including phenoxy) is 1. The molecule has 0 atom stereocenters. The van der Waals surface area contributed by atoms with Crippen LogP contribution in [0.2, 0.25) is 0 Å². The molecule has 1 heterocycles. The first-order valence-electron chi connectivity index (χ1n) is 8.71. The van der Waals surface area contributed by atoms with Gasteiger partial charge in [-0.05, 0) is 74.9 Å². The summed E-state index contributed by atoms with van der Waals surface area (Å²) in [5.41, 5.74) is 11.8. The summed E-state index contributed by atoms with van der Waals surface area (Å²) < 4.78 is 5.65. The molecular weight excluding hydrogens is 328 g/mol. The molecule has 0 spiro atoms. The number of aryl methyl sites for hydroxylation is 2. The highest BCUT2D eigenvalue weighted by Crippen LogP contribution is 2.38. The van der Waals surface area contributed by atoms with Crippen LogP contribution in [0.25, 0.3) is 22.2 Å². The Labute approximate surface area is 154 Å². The van der Waals surface area contributed by atoms with Crippen LogP contribution in [0, 0.1) is 6.92 Å². The second kappa shape index (κ2) is 7.98. The van der Waals surface area contributed by atoms with E-state index in [1.54, 1.807) is 18.9 Å². The van der Waals surface area contributed by atoms with Gasteiger partial charge in [0.25, 0.3) is 0 Å². The maximum Gasteiger partial charge on any atom is 0.128 e. The third-order valence-corrected chi connectivity index (χ3v) is 5.34. The van der Waals surface area contributed by atoms with Crippen LogP contribution < -0.4 is 10.5 Å². The number of unbranched alkanes of at least 4 members (excludes halogenated alkanes) is 1. The van der Waals surface area contributed by atoms with E-state index in [1.807, 2.05) is 0 Å². The molecule has 0 aliphatic rings. The number of nitrogens with one attached hydrogen (secondary N) is 1. The van der Waals surface area contributed by atoms with Crippen LogP contribution >= 0.6 is 11.8 Å². The van der Waals surface area contributed by atoms with E-state index in [9.17, 15) is 0 Å². The zero-order chi connectivity index (χ0) is 17.8. The first-order valence-corrected chi connectivity index (χ1v) is 9.94. The number of benzene rings is 2. The topological polar surface area (TPSA) is 51.0 Å². The monoisotopic (exact) mass is 354 g/mol. The van der Waals surface area contributed by atoms with Gasteiger partial charge in [-0.3, -0.25) is 0 Å². The lowest BCUT2D eigenvalue weighted by Gasteiger charge is -2.11. The van der Waals surface area contributed by atoms with Crippen LogP contribution in [0.15, 0.2) is 41.3 Å². The van der Waals surface area contributed by atoms with E-state index in [2.05, 4.69) is 54.6 Å². The average molecular weight is 355 g/mol. The largest absolute Gasteiger partial charge is 0.496 e. The third kappa shape index (κ3) is 3.70. The van der Waals surface area contributed by atoms with Crippen molar-refractivity contribution in [2.45, 2.75) is 31.1 Å². The number of H-pyrrole nitrogens is 1. The number of methoxy groups -OCH3 is 1. The lowest BCUT2D eigenvalue weighted by molar-refractivity contribution is 0.416. The molecule has 0 saturated carbocycles. The van der Waals surface area contributed by atoms with Gasteiger partial charge in [-0.2, -0.15) is 0 Å². The molecule has 0 unspecified atom stereocenters. The standard InChI is InChI=1S/C21H26N2OS/c1-14-7-9-19-17(12-14)16(6-4-5-11-22)21(23-19)18-13-15(25-3)8-10-20(18)24-2/h7-10,12-13,23H,4-6,11,22H2,1-3H3. The van der Waals surface area contributed by atoms with Gasteiger partial charge in [0, 0.05) is 21.4 Å². The van der Waals surface area contributed by atoms with Crippen LogP contribution in [-0.4, -0.2) is 24.9 Å². The molecular formula is C21H26N2OS. The second-order valence-corrected chi connectivity index (χ2v) is 7.22.